The van der Waals surface area contributed by atoms with E-state index in [1.165, 1.54) is 5.56 Å². The molecular formula is C23H28N2O3. The van der Waals surface area contributed by atoms with Crippen LogP contribution in [-0.4, -0.2) is 42.3 Å². The van der Waals surface area contributed by atoms with Crippen LogP contribution in [0.25, 0.3) is 0 Å². The van der Waals surface area contributed by atoms with Gasteiger partial charge in [-0.1, -0.05) is 48.5 Å². The standard InChI is InChI=1S/C23H28N2O3/c26-22(24-20-9-5-2-6-10-20)25-14-12-23(13-15-25)17-21(11-16-28-23)27-18-19-7-3-1-4-8-19/h1-10,21H,11-18H2,(H,24,26). The topological polar surface area (TPSA) is 50.8 Å². The first kappa shape index (κ1) is 19.0. The number of ether oxygens (including phenoxy) is 2. The van der Waals surface area contributed by atoms with Crippen molar-refractivity contribution < 1.29 is 14.3 Å². The molecule has 0 radical (unpaired) electrons. The molecule has 2 aromatic carbocycles. The van der Waals surface area contributed by atoms with E-state index in [9.17, 15) is 4.79 Å². The van der Waals surface area contributed by atoms with Gasteiger partial charge in [-0.2, -0.15) is 0 Å². The summed E-state index contributed by atoms with van der Waals surface area (Å²) in [4.78, 5) is 14.4. The molecule has 2 aromatic rings. The first-order valence-electron chi connectivity index (χ1n) is 10.1. The molecule has 0 bridgehead atoms. The van der Waals surface area contributed by atoms with E-state index in [0.717, 1.165) is 38.0 Å². The van der Waals surface area contributed by atoms with E-state index in [1.54, 1.807) is 0 Å². The van der Waals surface area contributed by atoms with Gasteiger partial charge in [0.05, 0.1) is 18.3 Å². The number of hydrogen-bond donors (Lipinski definition) is 1. The number of amides is 2. The molecule has 1 N–H and O–H groups in total. The van der Waals surface area contributed by atoms with Gasteiger partial charge in [0, 0.05) is 31.8 Å². The van der Waals surface area contributed by atoms with Gasteiger partial charge in [-0.05, 0) is 37.0 Å². The lowest BCUT2D eigenvalue weighted by Gasteiger charge is -2.46. The van der Waals surface area contributed by atoms with Crippen LogP contribution < -0.4 is 5.32 Å². The Morgan fingerprint density at radius 2 is 1.75 bits per heavy atom. The van der Waals surface area contributed by atoms with Crippen LogP contribution in [0.1, 0.15) is 31.2 Å². The number of urea groups is 1. The zero-order valence-electron chi connectivity index (χ0n) is 16.2. The van der Waals surface area contributed by atoms with Gasteiger partial charge in [0.15, 0.2) is 0 Å². The molecule has 28 heavy (non-hydrogen) atoms. The van der Waals surface area contributed by atoms with E-state index in [0.29, 0.717) is 19.7 Å². The maximum atomic E-state index is 12.5. The smallest absolute Gasteiger partial charge is 0.321 e. The Morgan fingerprint density at radius 1 is 1.07 bits per heavy atom. The summed E-state index contributed by atoms with van der Waals surface area (Å²) < 4.78 is 12.4. The van der Waals surface area contributed by atoms with Crippen LogP contribution in [0.3, 0.4) is 0 Å². The highest BCUT2D eigenvalue weighted by atomic mass is 16.5. The number of rotatable bonds is 4. The Hall–Kier alpha value is -2.37. The van der Waals surface area contributed by atoms with E-state index in [1.807, 2.05) is 53.4 Å². The van der Waals surface area contributed by atoms with Crippen LogP contribution >= 0.6 is 0 Å². The van der Waals surface area contributed by atoms with Gasteiger partial charge in [0.1, 0.15) is 0 Å². The highest BCUT2D eigenvalue weighted by Gasteiger charge is 2.41. The molecular weight excluding hydrogens is 352 g/mol. The molecule has 2 amide bonds. The molecule has 2 aliphatic heterocycles. The minimum absolute atomic E-state index is 0.0336. The third-order valence-corrected chi connectivity index (χ3v) is 5.76. The summed E-state index contributed by atoms with van der Waals surface area (Å²) >= 11 is 0. The first-order chi connectivity index (χ1) is 13.7. The fourth-order valence-electron chi connectivity index (χ4n) is 4.10. The van der Waals surface area contributed by atoms with Crippen molar-refractivity contribution in [2.24, 2.45) is 0 Å². The van der Waals surface area contributed by atoms with Crippen LogP contribution in [0.2, 0.25) is 0 Å². The molecule has 0 saturated carbocycles. The summed E-state index contributed by atoms with van der Waals surface area (Å²) in [6.45, 7) is 2.80. The Bertz CT molecular complexity index is 758. The van der Waals surface area contributed by atoms with Crippen molar-refractivity contribution in [2.45, 2.75) is 44.0 Å². The predicted molar refractivity (Wildman–Crippen MR) is 109 cm³/mol. The second-order valence-corrected chi connectivity index (χ2v) is 7.73. The van der Waals surface area contributed by atoms with Gasteiger partial charge in [-0.25, -0.2) is 4.79 Å². The van der Waals surface area contributed by atoms with E-state index in [-0.39, 0.29) is 17.7 Å². The van der Waals surface area contributed by atoms with Crippen molar-refractivity contribution in [3.05, 3.63) is 66.2 Å². The lowest BCUT2D eigenvalue weighted by atomic mass is 9.83. The van der Waals surface area contributed by atoms with Gasteiger partial charge < -0.3 is 19.7 Å². The molecule has 1 unspecified atom stereocenters. The quantitative estimate of drug-likeness (QED) is 0.853. The number of likely N-dealkylation sites (tertiary alicyclic amines) is 1. The van der Waals surface area contributed by atoms with Gasteiger partial charge in [0.2, 0.25) is 0 Å². The number of carbonyl (C=O) groups is 1. The number of benzene rings is 2. The van der Waals surface area contributed by atoms with Crippen molar-refractivity contribution >= 4 is 11.7 Å². The summed E-state index contributed by atoms with van der Waals surface area (Å²) in [5, 5.41) is 2.97. The molecule has 2 fully saturated rings. The summed E-state index contributed by atoms with van der Waals surface area (Å²) in [5.74, 6) is 0. The Balaban J connectivity index is 1.27. The van der Waals surface area contributed by atoms with Crippen LogP contribution in [0.4, 0.5) is 10.5 Å². The number of para-hydroxylation sites is 1. The monoisotopic (exact) mass is 380 g/mol. The summed E-state index contributed by atoms with van der Waals surface area (Å²) in [6.07, 6.45) is 3.79. The molecule has 0 aliphatic carbocycles. The lowest BCUT2D eigenvalue weighted by Crippen LogP contribution is -2.52. The molecule has 148 valence electrons. The SMILES string of the molecule is O=C(Nc1ccccc1)N1CCC2(CC1)CC(OCc1ccccc1)CCO2. The molecule has 2 saturated heterocycles. The zero-order chi connectivity index (χ0) is 19.2. The van der Waals surface area contributed by atoms with Crippen molar-refractivity contribution in [1.82, 2.24) is 4.90 Å². The average molecular weight is 380 g/mol. The maximum Gasteiger partial charge on any atom is 0.321 e. The van der Waals surface area contributed by atoms with Gasteiger partial charge in [-0.15, -0.1) is 0 Å². The number of piperidine rings is 1. The number of carbonyl (C=O) groups excluding carboxylic acids is 1. The van der Waals surface area contributed by atoms with E-state index in [4.69, 9.17) is 9.47 Å². The second-order valence-electron chi connectivity index (χ2n) is 7.73. The number of hydrogen-bond acceptors (Lipinski definition) is 3. The highest BCUT2D eigenvalue weighted by molar-refractivity contribution is 5.89. The number of nitrogens with zero attached hydrogens (tertiary/aromatic N) is 1. The average Bonchev–Trinajstić information content (AvgIpc) is 2.74. The molecule has 1 spiro atoms. The van der Waals surface area contributed by atoms with E-state index >= 15 is 0 Å². The van der Waals surface area contributed by atoms with Crippen molar-refractivity contribution in [2.75, 3.05) is 25.0 Å². The summed E-state index contributed by atoms with van der Waals surface area (Å²) in [7, 11) is 0. The van der Waals surface area contributed by atoms with Crippen LogP contribution in [0, 0.1) is 0 Å². The predicted octanol–water partition coefficient (Wildman–Crippen LogP) is 4.45. The molecule has 4 rings (SSSR count). The number of anilines is 1. The fraction of sp³-hybridized carbons (Fsp3) is 0.435. The van der Waals surface area contributed by atoms with Crippen LogP contribution in [0.5, 0.6) is 0 Å². The molecule has 0 aromatic heterocycles. The highest BCUT2D eigenvalue weighted by Crippen LogP contribution is 2.36. The molecule has 2 heterocycles. The zero-order valence-corrected chi connectivity index (χ0v) is 16.2. The van der Waals surface area contributed by atoms with Crippen molar-refractivity contribution in [1.29, 1.82) is 0 Å². The Kier molecular flexibility index (Phi) is 5.93. The first-order valence-corrected chi connectivity index (χ1v) is 10.1. The number of nitrogens with one attached hydrogen (secondary N) is 1. The lowest BCUT2D eigenvalue weighted by molar-refractivity contribution is -0.154. The second kappa shape index (κ2) is 8.76. The van der Waals surface area contributed by atoms with Crippen molar-refractivity contribution in [3.8, 4) is 0 Å². The third kappa shape index (κ3) is 4.72. The maximum absolute atomic E-state index is 12.5. The normalized spacial score (nSPS) is 21.4. The largest absolute Gasteiger partial charge is 0.375 e. The van der Waals surface area contributed by atoms with E-state index in [2.05, 4.69) is 17.4 Å². The van der Waals surface area contributed by atoms with Crippen LogP contribution in [-0.2, 0) is 16.1 Å². The van der Waals surface area contributed by atoms with Crippen molar-refractivity contribution in [3.63, 3.8) is 0 Å². The minimum atomic E-state index is -0.150. The van der Waals surface area contributed by atoms with Gasteiger partial charge in [0.25, 0.3) is 0 Å². The fourth-order valence-corrected chi connectivity index (χ4v) is 4.10. The van der Waals surface area contributed by atoms with Gasteiger partial charge >= 0.3 is 6.03 Å². The third-order valence-electron chi connectivity index (χ3n) is 5.76. The van der Waals surface area contributed by atoms with Gasteiger partial charge in [-0.3, -0.25) is 0 Å². The molecule has 5 nitrogen and oxygen atoms in total. The summed E-state index contributed by atoms with van der Waals surface area (Å²) in [5.41, 5.74) is 1.88. The van der Waals surface area contributed by atoms with E-state index < -0.39 is 0 Å². The Morgan fingerprint density at radius 3 is 2.46 bits per heavy atom. The molecule has 2 aliphatic rings. The molecule has 1 atom stereocenters. The Labute approximate surface area is 166 Å². The minimum Gasteiger partial charge on any atom is -0.375 e. The van der Waals surface area contributed by atoms with Crippen LogP contribution in [0.15, 0.2) is 60.7 Å². The molecule has 5 heteroatoms. The summed E-state index contributed by atoms with van der Waals surface area (Å²) in [6, 6.07) is 19.9.